The first-order valence-corrected chi connectivity index (χ1v) is 7.56. The molecule has 1 amide bonds. The van der Waals surface area contributed by atoms with Crippen LogP contribution >= 0.6 is 0 Å². The first kappa shape index (κ1) is 15.0. The van der Waals surface area contributed by atoms with Crippen molar-refractivity contribution in [1.82, 2.24) is 15.1 Å². The molecule has 112 valence electrons. The molecule has 1 fully saturated rings. The Morgan fingerprint density at radius 1 is 1.50 bits per heavy atom. The Morgan fingerprint density at radius 3 is 2.85 bits per heavy atom. The van der Waals surface area contributed by atoms with E-state index in [1.807, 2.05) is 11.6 Å². The van der Waals surface area contributed by atoms with Crippen molar-refractivity contribution in [2.24, 2.45) is 11.1 Å². The summed E-state index contributed by atoms with van der Waals surface area (Å²) >= 11 is 0. The minimum Gasteiger partial charge on any atom is -0.351 e. The highest BCUT2D eigenvalue weighted by Gasteiger charge is 2.29. The van der Waals surface area contributed by atoms with Gasteiger partial charge in [-0.15, -0.1) is 0 Å². The monoisotopic (exact) mass is 278 g/mol. The van der Waals surface area contributed by atoms with Gasteiger partial charge in [0, 0.05) is 18.8 Å². The average molecular weight is 278 g/mol. The van der Waals surface area contributed by atoms with E-state index in [0.29, 0.717) is 12.1 Å². The first-order chi connectivity index (χ1) is 9.56. The molecule has 0 atom stereocenters. The van der Waals surface area contributed by atoms with Crippen molar-refractivity contribution in [2.45, 2.75) is 52.5 Å². The molecule has 5 heteroatoms. The van der Waals surface area contributed by atoms with Crippen LogP contribution in [0, 0.1) is 12.3 Å². The van der Waals surface area contributed by atoms with Crippen LogP contribution in [0.2, 0.25) is 0 Å². The molecular weight excluding hydrogens is 252 g/mol. The Morgan fingerprint density at radius 2 is 2.20 bits per heavy atom. The van der Waals surface area contributed by atoms with Crippen molar-refractivity contribution >= 4 is 5.91 Å². The van der Waals surface area contributed by atoms with E-state index in [9.17, 15) is 4.79 Å². The van der Waals surface area contributed by atoms with Crippen LogP contribution in [0.15, 0.2) is 6.20 Å². The molecule has 20 heavy (non-hydrogen) atoms. The molecule has 0 radical (unpaired) electrons. The first-order valence-electron chi connectivity index (χ1n) is 7.56. The van der Waals surface area contributed by atoms with E-state index in [4.69, 9.17) is 5.73 Å². The van der Waals surface area contributed by atoms with Crippen molar-refractivity contribution in [3.8, 4) is 0 Å². The van der Waals surface area contributed by atoms with Gasteiger partial charge in [0.25, 0.3) is 5.91 Å². The van der Waals surface area contributed by atoms with Crippen molar-refractivity contribution in [2.75, 3.05) is 13.1 Å². The largest absolute Gasteiger partial charge is 0.351 e. The minimum atomic E-state index is -0.00498. The van der Waals surface area contributed by atoms with Crippen LogP contribution in [-0.2, 0) is 6.54 Å². The second kappa shape index (κ2) is 6.39. The summed E-state index contributed by atoms with van der Waals surface area (Å²) in [6, 6.07) is 0. The Hall–Kier alpha value is -1.36. The standard InChI is InChI=1S/C15H26N4O/c1-12-13(10-18-19(12)9-5-8-16)14(20)17-11-15(2)6-3-4-7-15/h10H,3-9,11,16H2,1-2H3,(H,17,20). The van der Waals surface area contributed by atoms with E-state index in [1.165, 1.54) is 25.7 Å². The predicted molar refractivity (Wildman–Crippen MR) is 79.5 cm³/mol. The van der Waals surface area contributed by atoms with E-state index < -0.39 is 0 Å². The Kier molecular flexibility index (Phi) is 4.81. The smallest absolute Gasteiger partial charge is 0.254 e. The minimum absolute atomic E-state index is 0.00498. The summed E-state index contributed by atoms with van der Waals surface area (Å²) in [5.41, 5.74) is 7.39. The second-order valence-corrected chi connectivity index (χ2v) is 6.21. The molecule has 2 rings (SSSR count). The summed E-state index contributed by atoms with van der Waals surface area (Å²) in [6.07, 6.45) is 7.52. The number of aryl methyl sites for hydroxylation is 1. The second-order valence-electron chi connectivity index (χ2n) is 6.21. The Balaban J connectivity index is 1.93. The lowest BCUT2D eigenvalue weighted by Gasteiger charge is -2.23. The lowest BCUT2D eigenvalue weighted by molar-refractivity contribution is 0.0933. The summed E-state index contributed by atoms with van der Waals surface area (Å²) < 4.78 is 1.86. The summed E-state index contributed by atoms with van der Waals surface area (Å²) in [6.45, 7) is 6.37. The van der Waals surface area contributed by atoms with Gasteiger partial charge >= 0.3 is 0 Å². The van der Waals surface area contributed by atoms with Gasteiger partial charge in [-0.2, -0.15) is 5.10 Å². The topological polar surface area (TPSA) is 72.9 Å². The maximum Gasteiger partial charge on any atom is 0.254 e. The fourth-order valence-corrected chi connectivity index (χ4v) is 2.93. The third-order valence-corrected chi connectivity index (χ3v) is 4.41. The van der Waals surface area contributed by atoms with Crippen LogP contribution in [0.1, 0.15) is 55.1 Å². The molecule has 1 aromatic rings. The molecule has 0 aliphatic heterocycles. The van der Waals surface area contributed by atoms with E-state index in [2.05, 4.69) is 17.3 Å². The number of carbonyl (C=O) groups is 1. The highest BCUT2D eigenvalue weighted by molar-refractivity contribution is 5.95. The molecule has 1 heterocycles. The van der Waals surface area contributed by atoms with Crippen molar-refractivity contribution in [1.29, 1.82) is 0 Å². The zero-order valence-corrected chi connectivity index (χ0v) is 12.6. The molecule has 0 aromatic carbocycles. The molecular formula is C15H26N4O. The zero-order chi connectivity index (χ0) is 14.6. The molecule has 3 N–H and O–H groups in total. The van der Waals surface area contributed by atoms with Crippen LogP contribution < -0.4 is 11.1 Å². The summed E-state index contributed by atoms with van der Waals surface area (Å²) in [5.74, 6) is -0.00498. The van der Waals surface area contributed by atoms with E-state index >= 15 is 0 Å². The maximum atomic E-state index is 12.3. The number of carbonyl (C=O) groups excluding carboxylic acids is 1. The third-order valence-electron chi connectivity index (χ3n) is 4.41. The van der Waals surface area contributed by atoms with Crippen molar-refractivity contribution < 1.29 is 4.79 Å². The number of rotatable bonds is 6. The van der Waals surface area contributed by atoms with Crippen LogP contribution in [0.25, 0.3) is 0 Å². The SMILES string of the molecule is Cc1c(C(=O)NCC2(C)CCCC2)cnn1CCCN. The highest BCUT2D eigenvalue weighted by atomic mass is 16.1. The van der Waals surface area contributed by atoms with Gasteiger partial charge in [-0.25, -0.2) is 0 Å². The molecule has 0 bridgehead atoms. The van der Waals surface area contributed by atoms with E-state index in [0.717, 1.165) is 25.2 Å². The normalized spacial score (nSPS) is 17.4. The molecule has 5 nitrogen and oxygen atoms in total. The van der Waals surface area contributed by atoms with E-state index in [-0.39, 0.29) is 11.3 Å². The lowest BCUT2D eigenvalue weighted by atomic mass is 9.89. The van der Waals surface area contributed by atoms with Crippen LogP contribution in [-0.4, -0.2) is 28.8 Å². The molecule has 0 spiro atoms. The van der Waals surface area contributed by atoms with Gasteiger partial charge in [0.1, 0.15) is 0 Å². The number of nitrogens with zero attached hydrogens (tertiary/aromatic N) is 2. The van der Waals surface area contributed by atoms with Crippen molar-refractivity contribution in [3.63, 3.8) is 0 Å². The van der Waals surface area contributed by atoms with Gasteiger partial charge in [-0.3, -0.25) is 9.48 Å². The molecule has 1 aromatic heterocycles. The molecule has 1 aliphatic rings. The van der Waals surface area contributed by atoms with Gasteiger partial charge < -0.3 is 11.1 Å². The molecule has 0 unspecified atom stereocenters. The average Bonchev–Trinajstić information content (AvgIpc) is 3.01. The summed E-state index contributed by atoms with van der Waals surface area (Å²) in [4.78, 5) is 12.3. The number of aromatic nitrogens is 2. The number of nitrogens with one attached hydrogen (secondary N) is 1. The maximum absolute atomic E-state index is 12.3. The van der Waals surface area contributed by atoms with Gasteiger partial charge in [0.05, 0.1) is 11.8 Å². The van der Waals surface area contributed by atoms with Gasteiger partial charge in [-0.1, -0.05) is 19.8 Å². The van der Waals surface area contributed by atoms with Crippen molar-refractivity contribution in [3.05, 3.63) is 17.5 Å². The van der Waals surface area contributed by atoms with Crippen LogP contribution in [0.3, 0.4) is 0 Å². The number of hydrogen-bond acceptors (Lipinski definition) is 3. The molecule has 0 saturated heterocycles. The van der Waals surface area contributed by atoms with Gasteiger partial charge in [0.15, 0.2) is 0 Å². The fraction of sp³-hybridized carbons (Fsp3) is 0.733. The lowest BCUT2D eigenvalue weighted by Crippen LogP contribution is -2.34. The summed E-state index contributed by atoms with van der Waals surface area (Å²) in [5, 5.41) is 7.35. The van der Waals surface area contributed by atoms with Gasteiger partial charge in [-0.05, 0) is 38.1 Å². The summed E-state index contributed by atoms with van der Waals surface area (Å²) in [7, 11) is 0. The number of hydrogen-bond donors (Lipinski definition) is 2. The van der Waals surface area contributed by atoms with Gasteiger partial charge in [0.2, 0.25) is 0 Å². The fourth-order valence-electron chi connectivity index (χ4n) is 2.93. The Bertz CT molecular complexity index is 460. The van der Waals surface area contributed by atoms with E-state index in [1.54, 1.807) is 6.20 Å². The van der Waals surface area contributed by atoms with Crippen LogP contribution in [0.4, 0.5) is 0 Å². The number of amides is 1. The van der Waals surface area contributed by atoms with Crippen LogP contribution in [0.5, 0.6) is 0 Å². The Labute approximate surface area is 120 Å². The highest BCUT2D eigenvalue weighted by Crippen LogP contribution is 2.36. The quantitative estimate of drug-likeness (QED) is 0.834. The zero-order valence-electron chi connectivity index (χ0n) is 12.6. The number of nitrogens with two attached hydrogens (primary N) is 1. The third kappa shape index (κ3) is 3.39. The molecule has 1 saturated carbocycles. The molecule has 1 aliphatic carbocycles. The predicted octanol–water partition coefficient (Wildman–Crippen LogP) is 1.85.